The van der Waals surface area contributed by atoms with Crippen molar-refractivity contribution in [3.8, 4) is 11.3 Å². The van der Waals surface area contributed by atoms with Gasteiger partial charge in [0, 0.05) is 42.5 Å². The molecule has 1 fully saturated rings. The molecule has 10 heteroatoms. The fourth-order valence-corrected chi connectivity index (χ4v) is 4.52. The van der Waals surface area contributed by atoms with Crippen molar-refractivity contribution in [2.45, 2.75) is 18.6 Å². The minimum absolute atomic E-state index is 0.274. The van der Waals surface area contributed by atoms with Gasteiger partial charge in [0.25, 0.3) is 0 Å². The number of aromatic nitrogens is 4. The molecule has 2 N–H and O–H groups in total. The fraction of sp³-hybridized carbons (Fsp3) is 0.368. The van der Waals surface area contributed by atoms with Gasteiger partial charge in [-0.15, -0.1) is 0 Å². The molecule has 1 aliphatic rings. The van der Waals surface area contributed by atoms with Crippen LogP contribution in [-0.2, 0) is 27.6 Å². The zero-order valence-corrected chi connectivity index (χ0v) is 16.8. The summed E-state index contributed by atoms with van der Waals surface area (Å²) in [5.41, 5.74) is 1.98. The number of hydrogen-bond acceptors (Lipinski definition) is 7. The molecular formula is C19H22N6O3S. The predicted octanol–water partition coefficient (Wildman–Crippen LogP) is 0.976. The summed E-state index contributed by atoms with van der Waals surface area (Å²) in [5, 5.41) is 8.93. The van der Waals surface area contributed by atoms with Gasteiger partial charge < -0.3 is 5.32 Å². The Morgan fingerprint density at radius 3 is 2.66 bits per heavy atom. The molecule has 0 spiro atoms. The van der Waals surface area contributed by atoms with E-state index in [4.69, 9.17) is 0 Å². The smallest absolute Gasteiger partial charge is 0.240 e. The molecular weight excluding hydrogens is 392 g/mol. The van der Waals surface area contributed by atoms with Gasteiger partial charge in [0.2, 0.25) is 15.9 Å². The van der Waals surface area contributed by atoms with E-state index in [1.165, 1.54) is 0 Å². The van der Waals surface area contributed by atoms with Crippen molar-refractivity contribution in [1.82, 2.24) is 29.8 Å². The lowest BCUT2D eigenvalue weighted by Crippen LogP contribution is -2.41. The molecule has 0 saturated carbocycles. The Labute approximate surface area is 168 Å². The van der Waals surface area contributed by atoms with E-state index >= 15 is 0 Å². The molecule has 9 nitrogen and oxygen atoms in total. The Kier molecular flexibility index (Phi) is 5.29. The van der Waals surface area contributed by atoms with Crippen molar-refractivity contribution in [2.75, 3.05) is 13.1 Å². The monoisotopic (exact) mass is 414 g/mol. The second-order valence-corrected chi connectivity index (χ2v) is 8.97. The molecule has 0 atom stereocenters. The van der Waals surface area contributed by atoms with Crippen molar-refractivity contribution in [3.05, 3.63) is 42.6 Å². The van der Waals surface area contributed by atoms with Gasteiger partial charge in [0.05, 0.1) is 17.6 Å². The molecule has 0 aliphatic carbocycles. The first-order chi connectivity index (χ1) is 13.9. The lowest BCUT2D eigenvalue weighted by Gasteiger charge is -2.21. The summed E-state index contributed by atoms with van der Waals surface area (Å²) in [6, 6.07) is 3.59. The highest BCUT2D eigenvalue weighted by Crippen LogP contribution is 2.22. The van der Waals surface area contributed by atoms with Gasteiger partial charge in [-0.25, -0.2) is 8.42 Å². The number of carbonyl (C=O) groups is 1. The third kappa shape index (κ3) is 4.60. The van der Waals surface area contributed by atoms with Gasteiger partial charge in [0.1, 0.15) is 5.75 Å². The molecule has 29 heavy (non-hydrogen) atoms. The van der Waals surface area contributed by atoms with Crippen LogP contribution < -0.4 is 10.0 Å². The van der Waals surface area contributed by atoms with Gasteiger partial charge in [-0.1, -0.05) is 0 Å². The van der Waals surface area contributed by atoms with Crippen LogP contribution in [0.4, 0.5) is 0 Å². The first-order valence-electron chi connectivity index (χ1n) is 9.38. The summed E-state index contributed by atoms with van der Waals surface area (Å²) >= 11 is 0. The maximum atomic E-state index is 12.5. The number of fused-ring (bicyclic) bond motifs is 1. The fourth-order valence-electron chi connectivity index (χ4n) is 3.43. The minimum Gasteiger partial charge on any atom is -0.317 e. The Morgan fingerprint density at radius 1 is 1.17 bits per heavy atom. The van der Waals surface area contributed by atoms with E-state index in [2.05, 4.69) is 25.1 Å². The van der Waals surface area contributed by atoms with Gasteiger partial charge in [-0.3, -0.25) is 24.2 Å². The summed E-state index contributed by atoms with van der Waals surface area (Å²) in [6.07, 6.45) is 8.14. The first-order valence-corrected chi connectivity index (χ1v) is 11.0. The molecule has 152 valence electrons. The number of sulfonamides is 1. The quantitative estimate of drug-likeness (QED) is 0.639. The van der Waals surface area contributed by atoms with Gasteiger partial charge >= 0.3 is 0 Å². The van der Waals surface area contributed by atoms with Crippen molar-refractivity contribution in [2.24, 2.45) is 13.0 Å². The lowest BCUT2D eigenvalue weighted by atomic mass is 9.98. The molecule has 1 aliphatic heterocycles. The first kappa shape index (κ1) is 19.5. The number of hydrogen-bond donors (Lipinski definition) is 2. The van der Waals surface area contributed by atoms with Crippen LogP contribution in [0.1, 0.15) is 18.5 Å². The molecule has 3 aromatic heterocycles. The standard InChI is InChI=1S/C19H22N6O3S/c1-25-11-16(10-23-25)18-7-14-6-17(21-8-15(14)9-22-18)12-29(27,28)24-19(26)13-2-4-20-5-3-13/h6-11,13,20H,2-5,12H2,1H3,(H,24,26). The van der Waals surface area contributed by atoms with Crippen LogP contribution in [-0.4, -0.2) is 47.2 Å². The van der Waals surface area contributed by atoms with Crippen LogP contribution in [0.15, 0.2) is 36.9 Å². The van der Waals surface area contributed by atoms with E-state index in [1.54, 1.807) is 29.3 Å². The largest absolute Gasteiger partial charge is 0.317 e. The third-order valence-corrected chi connectivity index (χ3v) is 6.15. The third-order valence-electron chi connectivity index (χ3n) is 4.96. The molecule has 3 aromatic rings. The van der Waals surface area contributed by atoms with Crippen LogP contribution >= 0.6 is 0 Å². The number of pyridine rings is 2. The molecule has 0 aromatic carbocycles. The second-order valence-electron chi connectivity index (χ2n) is 7.24. The zero-order chi connectivity index (χ0) is 20.4. The van der Waals surface area contributed by atoms with E-state index in [1.807, 2.05) is 19.3 Å². The molecule has 0 radical (unpaired) electrons. The summed E-state index contributed by atoms with van der Waals surface area (Å²) < 4.78 is 28.8. The summed E-state index contributed by atoms with van der Waals surface area (Å²) in [6.45, 7) is 1.44. The zero-order valence-electron chi connectivity index (χ0n) is 16.0. The summed E-state index contributed by atoms with van der Waals surface area (Å²) in [7, 11) is -1.99. The molecule has 1 amide bonds. The van der Waals surface area contributed by atoms with E-state index in [0.717, 1.165) is 35.1 Å². The Bertz CT molecular complexity index is 1150. The second kappa shape index (κ2) is 7.88. The number of aryl methyl sites for hydroxylation is 1. The topological polar surface area (TPSA) is 119 Å². The number of amides is 1. The maximum Gasteiger partial charge on any atom is 0.240 e. The Balaban J connectivity index is 1.53. The van der Waals surface area contributed by atoms with Gasteiger partial charge in [0.15, 0.2) is 0 Å². The number of rotatable bonds is 5. The predicted molar refractivity (Wildman–Crippen MR) is 108 cm³/mol. The number of nitrogens with one attached hydrogen (secondary N) is 2. The minimum atomic E-state index is -3.82. The SMILES string of the molecule is Cn1cc(-c2cc3cc(CS(=O)(=O)NC(=O)C4CCNCC4)ncc3cn2)cn1. The van der Waals surface area contributed by atoms with Crippen LogP contribution in [0.3, 0.4) is 0 Å². The Hall–Kier alpha value is -2.85. The highest BCUT2D eigenvalue weighted by Gasteiger charge is 2.25. The molecule has 0 bridgehead atoms. The van der Waals surface area contributed by atoms with Crippen LogP contribution in [0.2, 0.25) is 0 Å². The Morgan fingerprint density at radius 2 is 1.93 bits per heavy atom. The van der Waals surface area contributed by atoms with Crippen molar-refractivity contribution >= 4 is 26.7 Å². The highest BCUT2D eigenvalue weighted by molar-refractivity contribution is 7.89. The van der Waals surface area contributed by atoms with Crippen molar-refractivity contribution in [3.63, 3.8) is 0 Å². The van der Waals surface area contributed by atoms with E-state index in [-0.39, 0.29) is 11.7 Å². The van der Waals surface area contributed by atoms with Crippen LogP contribution in [0, 0.1) is 5.92 Å². The summed E-state index contributed by atoms with van der Waals surface area (Å²) in [5.74, 6) is -1.07. The molecule has 1 saturated heterocycles. The van der Waals surface area contributed by atoms with E-state index in [0.29, 0.717) is 18.5 Å². The average molecular weight is 414 g/mol. The van der Waals surface area contributed by atoms with Gasteiger partial charge in [-0.2, -0.15) is 5.10 Å². The lowest BCUT2D eigenvalue weighted by molar-refractivity contribution is -0.123. The maximum absolute atomic E-state index is 12.5. The highest BCUT2D eigenvalue weighted by atomic mass is 32.2. The summed E-state index contributed by atoms with van der Waals surface area (Å²) in [4.78, 5) is 20.9. The van der Waals surface area contributed by atoms with Crippen molar-refractivity contribution < 1.29 is 13.2 Å². The van der Waals surface area contributed by atoms with Crippen LogP contribution in [0.25, 0.3) is 22.0 Å². The number of nitrogens with zero attached hydrogens (tertiary/aromatic N) is 4. The normalized spacial score (nSPS) is 15.5. The molecule has 4 heterocycles. The molecule has 4 rings (SSSR count). The van der Waals surface area contributed by atoms with E-state index in [9.17, 15) is 13.2 Å². The average Bonchev–Trinajstić information content (AvgIpc) is 3.14. The molecule has 0 unspecified atom stereocenters. The number of piperidine rings is 1. The van der Waals surface area contributed by atoms with Gasteiger partial charge in [-0.05, 0) is 43.5 Å². The van der Waals surface area contributed by atoms with E-state index < -0.39 is 15.9 Å². The van der Waals surface area contributed by atoms with Crippen LogP contribution in [0.5, 0.6) is 0 Å². The van der Waals surface area contributed by atoms with Crippen molar-refractivity contribution in [1.29, 1.82) is 0 Å². The number of carbonyl (C=O) groups excluding carboxylic acids is 1.